The van der Waals surface area contributed by atoms with E-state index in [9.17, 15) is 4.39 Å². The van der Waals surface area contributed by atoms with Gasteiger partial charge >= 0.3 is 0 Å². The lowest BCUT2D eigenvalue weighted by molar-refractivity contribution is 0.409. The molecule has 2 rings (SSSR count). The lowest BCUT2D eigenvalue weighted by atomic mass is 9.98. The summed E-state index contributed by atoms with van der Waals surface area (Å²) in [7, 11) is 3.39. The Bertz CT molecular complexity index is 566. The number of hydrogen-bond acceptors (Lipinski definition) is 2. The van der Waals surface area contributed by atoms with E-state index in [1.165, 1.54) is 24.3 Å². The van der Waals surface area contributed by atoms with Crippen LogP contribution in [0, 0.1) is 12.7 Å². The quantitative estimate of drug-likeness (QED) is 0.898. The molecule has 0 aliphatic carbocycles. The molecular weight excluding hydrogens is 253 g/mol. The number of aryl methyl sites for hydroxylation is 1. The summed E-state index contributed by atoms with van der Waals surface area (Å²) in [6.07, 6.45) is 0.750. The lowest BCUT2D eigenvalue weighted by Gasteiger charge is -2.18. The van der Waals surface area contributed by atoms with Crippen molar-refractivity contribution in [2.75, 3.05) is 14.2 Å². The highest BCUT2D eigenvalue weighted by molar-refractivity contribution is 5.32. The van der Waals surface area contributed by atoms with Crippen molar-refractivity contribution in [1.29, 1.82) is 0 Å². The molecule has 0 bridgehead atoms. The first-order valence-corrected chi connectivity index (χ1v) is 6.70. The molecule has 0 saturated heterocycles. The molecule has 0 aromatic heterocycles. The summed E-state index contributed by atoms with van der Waals surface area (Å²) in [5.41, 5.74) is 3.07. The molecule has 1 atom stereocenters. The van der Waals surface area contributed by atoms with Crippen LogP contribution < -0.4 is 10.1 Å². The molecule has 2 aromatic carbocycles. The minimum absolute atomic E-state index is 0.0522. The smallest absolute Gasteiger partial charge is 0.131 e. The second kappa shape index (κ2) is 6.53. The lowest BCUT2D eigenvalue weighted by Crippen LogP contribution is -2.20. The number of rotatable bonds is 5. The first kappa shape index (κ1) is 14.5. The third kappa shape index (κ3) is 3.36. The molecule has 0 spiro atoms. The summed E-state index contributed by atoms with van der Waals surface area (Å²) in [4.78, 5) is 0. The molecule has 0 aliphatic rings. The minimum Gasteiger partial charge on any atom is -0.497 e. The van der Waals surface area contributed by atoms with Gasteiger partial charge in [0.2, 0.25) is 0 Å². The largest absolute Gasteiger partial charge is 0.497 e. The van der Waals surface area contributed by atoms with Gasteiger partial charge in [-0.2, -0.15) is 0 Å². The minimum atomic E-state index is -0.240. The van der Waals surface area contributed by atoms with Crippen molar-refractivity contribution >= 4 is 0 Å². The van der Waals surface area contributed by atoms with E-state index in [-0.39, 0.29) is 11.9 Å². The standard InChI is InChI=1S/C17H20FNO/c1-12-4-6-13(7-5-12)10-17(19-2)15-9-8-14(20-3)11-16(15)18/h4-9,11,17,19H,10H2,1-3H3. The van der Waals surface area contributed by atoms with Gasteiger partial charge in [0.25, 0.3) is 0 Å². The molecule has 0 radical (unpaired) electrons. The van der Waals surface area contributed by atoms with Crippen LogP contribution in [0.2, 0.25) is 0 Å². The first-order chi connectivity index (χ1) is 9.63. The molecule has 1 N–H and O–H groups in total. The Labute approximate surface area is 119 Å². The number of ether oxygens (including phenoxy) is 1. The zero-order valence-electron chi connectivity index (χ0n) is 12.1. The van der Waals surface area contributed by atoms with E-state index in [1.54, 1.807) is 12.1 Å². The van der Waals surface area contributed by atoms with Gasteiger partial charge in [-0.25, -0.2) is 4.39 Å². The van der Waals surface area contributed by atoms with Gasteiger partial charge < -0.3 is 10.1 Å². The van der Waals surface area contributed by atoms with Crippen molar-refractivity contribution in [3.63, 3.8) is 0 Å². The molecule has 0 aliphatic heterocycles. The van der Waals surface area contributed by atoms with Gasteiger partial charge in [0.1, 0.15) is 11.6 Å². The fraction of sp³-hybridized carbons (Fsp3) is 0.294. The van der Waals surface area contributed by atoms with Gasteiger partial charge in [0.15, 0.2) is 0 Å². The zero-order valence-corrected chi connectivity index (χ0v) is 12.1. The summed E-state index contributed by atoms with van der Waals surface area (Å²) in [6, 6.07) is 13.3. The molecule has 0 fully saturated rings. The fourth-order valence-corrected chi connectivity index (χ4v) is 2.24. The SMILES string of the molecule is CNC(Cc1ccc(C)cc1)c1ccc(OC)cc1F. The molecule has 0 amide bonds. The third-order valence-corrected chi connectivity index (χ3v) is 3.49. The Morgan fingerprint density at radius 2 is 1.85 bits per heavy atom. The molecule has 3 heteroatoms. The highest BCUT2D eigenvalue weighted by Gasteiger charge is 2.15. The van der Waals surface area contributed by atoms with Crippen molar-refractivity contribution in [2.45, 2.75) is 19.4 Å². The summed E-state index contributed by atoms with van der Waals surface area (Å²) in [5.74, 6) is 0.298. The van der Waals surface area contributed by atoms with Crippen LogP contribution in [0.4, 0.5) is 4.39 Å². The highest BCUT2D eigenvalue weighted by Crippen LogP contribution is 2.24. The van der Waals surface area contributed by atoms with Crippen molar-refractivity contribution in [2.24, 2.45) is 0 Å². The van der Waals surface area contributed by atoms with E-state index in [2.05, 4.69) is 36.5 Å². The molecule has 106 valence electrons. The Balaban J connectivity index is 2.21. The van der Waals surface area contributed by atoms with E-state index in [1.807, 2.05) is 7.05 Å². The maximum Gasteiger partial charge on any atom is 0.131 e. The van der Waals surface area contributed by atoms with Crippen LogP contribution in [-0.2, 0) is 6.42 Å². The summed E-state index contributed by atoms with van der Waals surface area (Å²) in [5, 5.41) is 3.18. The van der Waals surface area contributed by atoms with Crippen molar-refractivity contribution in [3.05, 3.63) is 65.0 Å². The van der Waals surface area contributed by atoms with E-state index < -0.39 is 0 Å². The normalized spacial score (nSPS) is 12.2. The Kier molecular flexibility index (Phi) is 4.74. The molecule has 0 heterocycles. The molecular formula is C17H20FNO. The molecule has 2 aromatic rings. The topological polar surface area (TPSA) is 21.3 Å². The number of benzene rings is 2. The monoisotopic (exact) mass is 273 g/mol. The Morgan fingerprint density at radius 1 is 1.15 bits per heavy atom. The second-order valence-electron chi connectivity index (χ2n) is 4.92. The maximum atomic E-state index is 14.1. The summed E-state index contributed by atoms with van der Waals surface area (Å²) in [6.45, 7) is 2.06. The van der Waals surface area contributed by atoms with Gasteiger partial charge in [-0.15, -0.1) is 0 Å². The first-order valence-electron chi connectivity index (χ1n) is 6.70. The molecule has 1 unspecified atom stereocenters. The number of likely N-dealkylation sites (N-methyl/N-ethyl adjacent to an activating group) is 1. The maximum absolute atomic E-state index is 14.1. The van der Waals surface area contributed by atoms with Crippen LogP contribution in [0.5, 0.6) is 5.75 Å². The number of halogens is 1. The van der Waals surface area contributed by atoms with Gasteiger partial charge in [0.05, 0.1) is 7.11 Å². The van der Waals surface area contributed by atoms with Crippen LogP contribution >= 0.6 is 0 Å². The van der Waals surface area contributed by atoms with E-state index in [0.717, 1.165) is 6.42 Å². The van der Waals surface area contributed by atoms with Crippen LogP contribution in [0.15, 0.2) is 42.5 Å². The van der Waals surface area contributed by atoms with Crippen LogP contribution in [0.3, 0.4) is 0 Å². The number of nitrogens with one attached hydrogen (secondary N) is 1. The fourth-order valence-electron chi connectivity index (χ4n) is 2.24. The molecule has 2 nitrogen and oxygen atoms in total. The predicted octanol–water partition coefficient (Wildman–Crippen LogP) is 3.65. The van der Waals surface area contributed by atoms with E-state index in [0.29, 0.717) is 11.3 Å². The van der Waals surface area contributed by atoms with Crippen LogP contribution in [0.25, 0.3) is 0 Å². The zero-order chi connectivity index (χ0) is 14.5. The summed E-state index contributed by atoms with van der Waals surface area (Å²) < 4.78 is 19.2. The number of methoxy groups -OCH3 is 1. The van der Waals surface area contributed by atoms with Crippen molar-refractivity contribution in [1.82, 2.24) is 5.32 Å². The number of hydrogen-bond donors (Lipinski definition) is 1. The van der Waals surface area contributed by atoms with Crippen molar-refractivity contribution < 1.29 is 9.13 Å². The summed E-state index contributed by atoms with van der Waals surface area (Å²) >= 11 is 0. The van der Waals surface area contributed by atoms with Gasteiger partial charge in [-0.3, -0.25) is 0 Å². The van der Waals surface area contributed by atoms with Gasteiger partial charge in [-0.1, -0.05) is 35.9 Å². The Hall–Kier alpha value is -1.87. The average molecular weight is 273 g/mol. The van der Waals surface area contributed by atoms with Gasteiger partial charge in [0, 0.05) is 17.7 Å². The third-order valence-electron chi connectivity index (χ3n) is 3.49. The predicted molar refractivity (Wildman–Crippen MR) is 79.6 cm³/mol. The average Bonchev–Trinajstić information content (AvgIpc) is 2.47. The Morgan fingerprint density at radius 3 is 2.40 bits per heavy atom. The molecule has 0 saturated carbocycles. The van der Waals surface area contributed by atoms with Crippen LogP contribution in [-0.4, -0.2) is 14.2 Å². The van der Waals surface area contributed by atoms with Crippen molar-refractivity contribution in [3.8, 4) is 5.75 Å². The van der Waals surface area contributed by atoms with E-state index in [4.69, 9.17) is 4.74 Å². The van der Waals surface area contributed by atoms with E-state index >= 15 is 0 Å². The van der Waals surface area contributed by atoms with Crippen LogP contribution in [0.1, 0.15) is 22.7 Å². The van der Waals surface area contributed by atoms with Gasteiger partial charge in [-0.05, 0) is 32.0 Å². The highest BCUT2D eigenvalue weighted by atomic mass is 19.1. The second-order valence-corrected chi connectivity index (χ2v) is 4.92. The molecule has 20 heavy (non-hydrogen) atoms.